The monoisotopic (exact) mass is 330 g/mol. The van der Waals surface area contributed by atoms with Crippen LogP contribution in [-0.2, 0) is 42.9 Å². The maximum Gasteiger partial charge on any atom is 0.307 e. The molecular formula is C14H18O9. The van der Waals surface area contributed by atoms with Gasteiger partial charge in [-0.1, -0.05) is 0 Å². The quantitative estimate of drug-likeness (QED) is 0.515. The fraction of sp³-hybridized carbons (Fsp3) is 0.571. The highest BCUT2D eigenvalue weighted by molar-refractivity contribution is 5.69. The minimum Gasteiger partial charge on any atom is -0.487 e. The molecule has 0 aliphatic carbocycles. The summed E-state index contributed by atoms with van der Waals surface area (Å²) in [5, 5.41) is 0. The van der Waals surface area contributed by atoms with Crippen molar-refractivity contribution in [3.63, 3.8) is 0 Å². The summed E-state index contributed by atoms with van der Waals surface area (Å²) in [7, 11) is 0. The van der Waals surface area contributed by atoms with Crippen LogP contribution >= 0.6 is 0 Å². The molecule has 0 aromatic carbocycles. The van der Waals surface area contributed by atoms with E-state index in [0.717, 1.165) is 27.0 Å². The minimum absolute atomic E-state index is 0.127. The van der Waals surface area contributed by atoms with Gasteiger partial charge in [0.05, 0.1) is 0 Å². The van der Waals surface area contributed by atoms with Crippen molar-refractivity contribution in [3.05, 3.63) is 12.0 Å². The average Bonchev–Trinajstić information content (AvgIpc) is 2.39. The molecule has 0 spiro atoms. The van der Waals surface area contributed by atoms with Gasteiger partial charge in [0.1, 0.15) is 12.9 Å². The second kappa shape index (κ2) is 8.16. The number of hydrogen-bond acceptors (Lipinski definition) is 9. The molecule has 0 aromatic rings. The van der Waals surface area contributed by atoms with Crippen molar-refractivity contribution in [1.29, 1.82) is 0 Å². The van der Waals surface area contributed by atoms with Gasteiger partial charge in [-0.15, -0.1) is 0 Å². The fourth-order valence-corrected chi connectivity index (χ4v) is 1.87. The molecule has 0 saturated heterocycles. The molecule has 128 valence electrons. The molecule has 23 heavy (non-hydrogen) atoms. The lowest BCUT2D eigenvalue weighted by Gasteiger charge is -2.35. The van der Waals surface area contributed by atoms with Crippen LogP contribution in [-0.4, -0.2) is 48.8 Å². The molecule has 1 rings (SSSR count). The smallest absolute Gasteiger partial charge is 0.307 e. The molecule has 1 heterocycles. The van der Waals surface area contributed by atoms with Crippen LogP contribution in [0.5, 0.6) is 0 Å². The topological polar surface area (TPSA) is 114 Å². The summed E-state index contributed by atoms with van der Waals surface area (Å²) in [6.45, 7) is 4.41. The van der Waals surface area contributed by atoms with E-state index in [2.05, 4.69) is 0 Å². The largest absolute Gasteiger partial charge is 0.487 e. The van der Waals surface area contributed by atoms with E-state index < -0.39 is 42.2 Å². The highest BCUT2D eigenvalue weighted by Crippen LogP contribution is 2.26. The van der Waals surface area contributed by atoms with Crippen LogP contribution < -0.4 is 0 Å². The van der Waals surface area contributed by atoms with Crippen LogP contribution in [0, 0.1) is 0 Å². The van der Waals surface area contributed by atoms with Crippen molar-refractivity contribution >= 4 is 23.9 Å². The van der Waals surface area contributed by atoms with Crippen molar-refractivity contribution in [3.8, 4) is 0 Å². The zero-order valence-corrected chi connectivity index (χ0v) is 13.2. The van der Waals surface area contributed by atoms with Crippen LogP contribution in [0.4, 0.5) is 0 Å². The molecule has 0 fully saturated rings. The first-order valence-corrected chi connectivity index (χ1v) is 6.72. The van der Waals surface area contributed by atoms with Crippen LogP contribution in [0.25, 0.3) is 0 Å². The van der Waals surface area contributed by atoms with Crippen LogP contribution in [0.3, 0.4) is 0 Å². The summed E-state index contributed by atoms with van der Waals surface area (Å²) in [5.41, 5.74) is 0. The van der Waals surface area contributed by atoms with Crippen LogP contribution in [0.15, 0.2) is 12.0 Å². The van der Waals surface area contributed by atoms with E-state index in [-0.39, 0.29) is 12.4 Å². The van der Waals surface area contributed by atoms with E-state index in [4.69, 9.17) is 23.7 Å². The first-order chi connectivity index (χ1) is 10.7. The van der Waals surface area contributed by atoms with E-state index >= 15 is 0 Å². The molecule has 0 amide bonds. The number of esters is 4. The Morgan fingerprint density at radius 2 is 1.57 bits per heavy atom. The lowest BCUT2D eigenvalue weighted by molar-refractivity contribution is -0.186. The van der Waals surface area contributed by atoms with Crippen molar-refractivity contribution in [2.24, 2.45) is 0 Å². The van der Waals surface area contributed by atoms with Crippen molar-refractivity contribution in [1.82, 2.24) is 0 Å². The highest BCUT2D eigenvalue weighted by Gasteiger charge is 2.44. The Balaban J connectivity index is 3.07. The second-order valence-corrected chi connectivity index (χ2v) is 4.70. The molecule has 9 nitrogen and oxygen atoms in total. The van der Waals surface area contributed by atoms with Gasteiger partial charge in [0.2, 0.25) is 6.10 Å². The molecule has 0 N–H and O–H groups in total. The van der Waals surface area contributed by atoms with Crippen molar-refractivity contribution in [2.45, 2.75) is 46.0 Å². The van der Waals surface area contributed by atoms with Gasteiger partial charge in [-0.25, -0.2) is 0 Å². The normalized spacial score (nSPS) is 23.0. The number of rotatable bonds is 5. The summed E-state index contributed by atoms with van der Waals surface area (Å²) in [4.78, 5) is 44.7. The first-order valence-electron chi connectivity index (χ1n) is 6.72. The molecule has 1 aliphatic rings. The Morgan fingerprint density at radius 3 is 2.04 bits per heavy atom. The van der Waals surface area contributed by atoms with Gasteiger partial charge in [-0.2, -0.15) is 0 Å². The predicted molar refractivity (Wildman–Crippen MR) is 72.5 cm³/mol. The number of carbonyl (C=O) groups is 4. The molecule has 0 aromatic heterocycles. The Bertz CT molecular complexity index is 522. The van der Waals surface area contributed by atoms with Crippen molar-refractivity contribution in [2.75, 3.05) is 6.61 Å². The zero-order valence-electron chi connectivity index (χ0n) is 13.2. The van der Waals surface area contributed by atoms with Gasteiger partial charge in [0.25, 0.3) is 0 Å². The maximum absolute atomic E-state index is 11.3. The van der Waals surface area contributed by atoms with E-state index in [1.807, 2.05) is 0 Å². The van der Waals surface area contributed by atoms with Crippen LogP contribution in [0.2, 0.25) is 0 Å². The van der Waals surface area contributed by atoms with Crippen molar-refractivity contribution < 1.29 is 42.9 Å². The molecule has 3 atom stereocenters. The maximum atomic E-state index is 11.3. The summed E-state index contributed by atoms with van der Waals surface area (Å²) in [6, 6.07) is 0. The van der Waals surface area contributed by atoms with Crippen LogP contribution in [0.1, 0.15) is 27.7 Å². The lowest BCUT2D eigenvalue weighted by atomic mass is 10.0. The van der Waals surface area contributed by atoms with Gasteiger partial charge in [-0.3, -0.25) is 19.2 Å². The predicted octanol–water partition coefficient (Wildman–Crippen LogP) is 0.216. The molecule has 1 aliphatic heterocycles. The Hall–Kier alpha value is -2.58. The first kappa shape index (κ1) is 18.5. The summed E-state index contributed by atoms with van der Waals surface area (Å²) in [6.07, 6.45) is -2.21. The molecule has 0 unspecified atom stereocenters. The molecule has 0 saturated carbocycles. The third-order valence-electron chi connectivity index (χ3n) is 2.61. The number of hydrogen-bond donors (Lipinski definition) is 0. The van der Waals surface area contributed by atoms with Gasteiger partial charge in [-0.05, 0) is 0 Å². The second-order valence-electron chi connectivity index (χ2n) is 4.70. The standard InChI is InChI=1S/C14H18O9/c1-7(15)19-5-11-13(22-9(3)17)14(23-10(4)18)12(6-20-11)21-8(2)16/h6,11,13-14H,5H2,1-4H3/t11-,13-,14+/m1/s1. The van der Waals surface area contributed by atoms with E-state index in [1.54, 1.807) is 0 Å². The van der Waals surface area contributed by atoms with Gasteiger partial charge in [0, 0.05) is 27.7 Å². The number of ether oxygens (including phenoxy) is 5. The molecular weight excluding hydrogens is 312 g/mol. The van der Waals surface area contributed by atoms with E-state index in [1.165, 1.54) is 6.92 Å². The van der Waals surface area contributed by atoms with Gasteiger partial charge < -0.3 is 23.7 Å². The SMILES string of the molecule is CC(=O)OC[C@H]1OC=C(OC(C)=O)[C@H](OC(C)=O)[C@@H]1OC(C)=O. The molecule has 0 bridgehead atoms. The zero-order chi connectivity index (χ0) is 17.6. The molecule has 9 heteroatoms. The summed E-state index contributed by atoms with van der Waals surface area (Å²) < 4.78 is 25.2. The van der Waals surface area contributed by atoms with E-state index in [9.17, 15) is 19.2 Å². The minimum atomic E-state index is -1.20. The number of carbonyl (C=O) groups excluding carboxylic acids is 4. The Labute approximate surface area is 132 Å². The third kappa shape index (κ3) is 5.97. The van der Waals surface area contributed by atoms with Gasteiger partial charge in [0.15, 0.2) is 18.0 Å². The molecule has 0 radical (unpaired) electrons. The Kier molecular flexibility index (Phi) is 6.55. The summed E-state index contributed by atoms with van der Waals surface area (Å²) in [5.74, 6) is -2.71. The average molecular weight is 330 g/mol. The Morgan fingerprint density at radius 1 is 0.957 bits per heavy atom. The lowest BCUT2D eigenvalue weighted by Crippen LogP contribution is -2.50. The summed E-state index contributed by atoms with van der Waals surface area (Å²) >= 11 is 0. The van der Waals surface area contributed by atoms with E-state index in [0.29, 0.717) is 0 Å². The highest BCUT2D eigenvalue weighted by atomic mass is 16.6. The van der Waals surface area contributed by atoms with Gasteiger partial charge >= 0.3 is 23.9 Å². The third-order valence-corrected chi connectivity index (χ3v) is 2.61. The fourth-order valence-electron chi connectivity index (χ4n) is 1.87.